The molecule has 0 aliphatic heterocycles. The number of halogens is 1. The van der Waals surface area contributed by atoms with Crippen LogP contribution in [-0.4, -0.2) is 18.0 Å². The second kappa shape index (κ2) is 9.04. The molecule has 2 rings (SSSR count). The molecular weight excluding hydrogens is 405 g/mol. The fraction of sp³-hybridized carbons (Fsp3) is 0.118. The van der Waals surface area contributed by atoms with E-state index >= 15 is 0 Å². The summed E-state index contributed by atoms with van der Waals surface area (Å²) in [5.41, 5.74) is 4.02. The molecule has 2 amide bonds. The largest absolute Gasteiger partial charge is 0.326 e. The van der Waals surface area contributed by atoms with Gasteiger partial charge in [-0.1, -0.05) is 30.3 Å². The highest BCUT2D eigenvalue weighted by molar-refractivity contribution is 14.1. The van der Waals surface area contributed by atoms with E-state index < -0.39 is 0 Å². The number of amides is 2. The predicted molar refractivity (Wildman–Crippen MR) is 99.2 cm³/mol. The van der Waals surface area contributed by atoms with Crippen molar-refractivity contribution in [3.05, 3.63) is 63.7 Å². The summed E-state index contributed by atoms with van der Waals surface area (Å²) in [6.07, 6.45) is 1.75. The number of benzene rings is 2. The fourth-order valence-corrected chi connectivity index (χ4v) is 2.12. The molecule has 6 heteroatoms. The molecule has 0 spiro atoms. The van der Waals surface area contributed by atoms with Gasteiger partial charge in [0.25, 0.3) is 0 Å². The van der Waals surface area contributed by atoms with Gasteiger partial charge in [-0.2, -0.15) is 5.10 Å². The Kier molecular flexibility index (Phi) is 6.74. The molecule has 0 radical (unpaired) electrons. The molecule has 0 fully saturated rings. The van der Waals surface area contributed by atoms with E-state index in [1.165, 1.54) is 0 Å². The van der Waals surface area contributed by atoms with E-state index in [2.05, 4.69) is 38.4 Å². The van der Waals surface area contributed by atoms with Crippen molar-refractivity contribution in [1.29, 1.82) is 0 Å². The Labute approximate surface area is 148 Å². The average Bonchev–Trinajstić information content (AvgIpc) is 2.56. The molecule has 0 saturated heterocycles. The summed E-state index contributed by atoms with van der Waals surface area (Å²) in [7, 11) is 0. The van der Waals surface area contributed by atoms with Crippen molar-refractivity contribution in [2.45, 2.75) is 12.8 Å². The predicted octanol–water partition coefficient (Wildman–Crippen LogP) is 3.16. The lowest BCUT2D eigenvalue weighted by Gasteiger charge is -2.04. The fourth-order valence-electron chi connectivity index (χ4n) is 1.76. The molecule has 5 nitrogen and oxygen atoms in total. The molecule has 0 unspecified atom stereocenters. The second-order valence-electron chi connectivity index (χ2n) is 4.76. The van der Waals surface area contributed by atoms with Crippen LogP contribution < -0.4 is 10.7 Å². The van der Waals surface area contributed by atoms with Crippen molar-refractivity contribution < 1.29 is 9.59 Å². The lowest BCUT2D eigenvalue weighted by molar-refractivity contribution is -0.124. The van der Waals surface area contributed by atoms with Crippen LogP contribution in [-0.2, 0) is 9.59 Å². The standard InChI is InChI=1S/C17H16IN3O2/c18-14-6-8-15(9-7-14)20-16(22)10-11-17(23)21-19-12-13-4-2-1-3-5-13/h1-9,12H,10-11H2,(H,20,22)(H,21,23). The van der Waals surface area contributed by atoms with Gasteiger partial charge in [-0.15, -0.1) is 0 Å². The van der Waals surface area contributed by atoms with E-state index in [0.29, 0.717) is 0 Å². The maximum absolute atomic E-state index is 11.8. The van der Waals surface area contributed by atoms with Crippen LogP contribution in [0.3, 0.4) is 0 Å². The number of hydrogen-bond acceptors (Lipinski definition) is 3. The number of hydrogen-bond donors (Lipinski definition) is 2. The van der Waals surface area contributed by atoms with Crippen LogP contribution in [0.4, 0.5) is 5.69 Å². The Hall–Kier alpha value is -2.22. The molecule has 0 heterocycles. The lowest BCUT2D eigenvalue weighted by Crippen LogP contribution is -2.20. The van der Waals surface area contributed by atoms with Crippen LogP contribution in [0.5, 0.6) is 0 Å². The quantitative estimate of drug-likeness (QED) is 0.428. The maximum Gasteiger partial charge on any atom is 0.240 e. The molecule has 0 aromatic heterocycles. The number of nitrogens with one attached hydrogen (secondary N) is 2. The second-order valence-corrected chi connectivity index (χ2v) is 6.00. The molecule has 2 aromatic carbocycles. The Bertz CT molecular complexity index is 685. The molecule has 0 aliphatic rings. The first kappa shape index (κ1) is 17.1. The van der Waals surface area contributed by atoms with E-state index in [-0.39, 0.29) is 24.7 Å². The molecular formula is C17H16IN3O2. The summed E-state index contributed by atoms with van der Waals surface area (Å²) in [5.74, 6) is -0.497. The first-order valence-corrected chi connectivity index (χ1v) is 8.14. The highest BCUT2D eigenvalue weighted by Gasteiger charge is 2.06. The smallest absolute Gasteiger partial charge is 0.240 e. The third-order valence-electron chi connectivity index (χ3n) is 2.91. The van der Waals surface area contributed by atoms with Gasteiger partial charge in [0.05, 0.1) is 6.21 Å². The minimum Gasteiger partial charge on any atom is -0.326 e. The molecule has 118 valence electrons. The van der Waals surface area contributed by atoms with E-state index in [1.54, 1.807) is 6.21 Å². The van der Waals surface area contributed by atoms with E-state index in [4.69, 9.17) is 0 Å². The third kappa shape index (κ3) is 6.60. The summed E-state index contributed by atoms with van der Waals surface area (Å²) in [5, 5.41) is 6.60. The minimum absolute atomic E-state index is 0.0856. The number of rotatable bonds is 6. The number of anilines is 1. The molecule has 0 aliphatic carbocycles. The highest BCUT2D eigenvalue weighted by atomic mass is 127. The normalized spacial score (nSPS) is 10.5. The van der Waals surface area contributed by atoms with Crippen LogP contribution in [0.25, 0.3) is 0 Å². The molecule has 0 saturated carbocycles. The molecule has 0 bridgehead atoms. The Morgan fingerprint density at radius 2 is 1.61 bits per heavy atom. The summed E-state index contributed by atoms with van der Waals surface area (Å²) < 4.78 is 1.09. The topological polar surface area (TPSA) is 70.6 Å². The first-order valence-electron chi connectivity index (χ1n) is 7.06. The zero-order chi connectivity index (χ0) is 16.5. The van der Waals surface area contributed by atoms with E-state index in [0.717, 1.165) is 14.8 Å². The van der Waals surface area contributed by atoms with Crippen LogP contribution in [0.2, 0.25) is 0 Å². The van der Waals surface area contributed by atoms with Gasteiger partial charge in [0, 0.05) is 22.1 Å². The number of hydrazone groups is 1. The van der Waals surface area contributed by atoms with Crippen molar-refractivity contribution >= 4 is 46.3 Å². The van der Waals surface area contributed by atoms with Crippen LogP contribution >= 0.6 is 22.6 Å². The lowest BCUT2D eigenvalue weighted by atomic mass is 10.2. The number of carbonyl (C=O) groups is 2. The number of nitrogens with zero attached hydrogens (tertiary/aromatic N) is 1. The Morgan fingerprint density at radius 1 is 0.957 bits per heavy atom. The van der Waals surface area contributed by atoms with Crippen LogP contribution in [0.15, 0.2) is 59.7 Å². The summed E-state index contributed by atoms with van der Waals surface area (Å²) in [4.78, 5) is 23.4. The van der Waals surface area contributed by atoms with E-state index in [1.807, 2.05) is 54.6 Å². The number of carbonyl (C=O) groups excluding carboxylic acids is 2. The molecule has 2 aromatic rings. The van der Waals surface area contributed by atoms with Gasteiger partial charge in [0.2, 0.25) is 11.8 Å². The van der Waals surface area contributed by atoms with Gasteiger partial charge in [-0.05, 0) is 52.4 Å². The highest BCUT2D eigenvalue weighted by Crippen LogP contribution is 2.11. The summed E-state index contributed by atoms with van der Waals surface area (Å²) >= 11 is 2.19. The van der Waals surface area contributed by atoms with Crippen molar-refractivity contribution in [3.63, 3.8) is 0 Å². The SMILES string of the molecule is O=C(CCC(=O)Nc1ccc(I)cc1)NN=Cc1ccccc1. The van der Waals surface area contributed by atoms with Gasteiger partial charge < -0.3 is 5.32 Å². The molecule has 0 atom stereocenters. The van der Waals surface area contributed by atoms with Crippen molar-refractivity contribution in [2.75, 3.05) is 5.32 Å². The van der Waals surface area contributed by atoms with Gasteiger partial charge >= 0.3 is 0 Å². The van der Waals surface area contributed by atoms with Gasteiger partial charge in [0.15, 0.2) is 0 Å². The maximum atomic E-state index is 11.8. The zero-order valence-electron chi connectivity index (χ0n) is 12.3. The summed E-state index contributed by atoms with van der Waals surface area (Å²) in [6.45, 7) is 0. The van der Waals surface area contributed by atoms with Crippen LogP contribution in [0.1, 0.15) is 18.4 Å². The molecule has 23 heavy (non-hydrogen) atoms. The van der Waals surface area contributed by atoms with Gasteiger partial charge in [-0.3, -0.25) is 9.59 Å². The average molecular weight is 421 g/mol. The van der Waals surface area contributed by atoms with E-state index in [9.17, 15) is 9.59 Å². The third-order valence-corrected chi connectivity index (χ3v) is 3.63. The molecule has 2 N–H and O–H groups in total. The minimum atomic E-state index is -0.296. The van der Waals surface area contributed by atoms with Crippen LogP contribution in [0, 0.1) is 3.57 Å². The summed E-state index contributed by atoms with van der Waals surface area (Å²) in [6, 6.07) is 16.9. The Balaban J connectivity index is 1.70. The monoisotopic (exact) mass is 421 g/mol. The van der Waals surface area contributed by atoms with Gasteiger partial charge in [0.1, 0.15) is 0 Å². The van der Waals surface area contributed by atoms with Crippen molar-refractivity contribution in [2.24, 2.45) is 5.10 Å². The van der Waals surface area contributed by atoms with Crippen molar-refractivity contribution in [1.82, 2.24) is 5.43 Å². The first-order chi connectivity index (χ1) is 11.1. The zero-order valence-corrected chi connectivity index (χ0v) is 14.5. The van der Waals surface area contributed by atoms with Crippen molar-refractivity contribution in [3.8, 4) is 0 Å². The van der Waals surface area contributed by atoms with Gasteiger partial charge in [-0.25, -0.2) is 5.43 Å². The Morgan fingerprint density at radius 3 is 2.30 bits per heavy atom.